The molecule has 0 aliphatic carbocycles. The van der Waals surface area contributed by atoms with Gasteiger partial charge in [0, 0.05) is 6.54 Å². The van der Waals surface area contributed by atoms with Crippen LogP contribution in [0.4, 0.5) is 0 Å². The number of hydrogen-bond donors (Lipinski definition) is 2. The fourth-order valence-electron chi connectivity index (χ4n) is 1.75. The number of phenolic OH excluding ortho intramolecular Hbond substituents is 1. The maximum absolute atomic E-state index is 9.45. The Kier molecular flexibility index (Phi) is 3.33. The summed E-state index contributed by atoms with van der Waals surface area (Å²) in [6, 6.07) is 3.78. The molecule has 0 saturated carbocycles. The number of hydrogen-bond acceptors (Lipinski definition) is 2. The molecule has 0 saturated heterocycles. The van der Waals surface area contributed by atoms with Crippen LogP contribution in [0.2, 0.25) is 0 Å². The number of rotatable bonds is 0. The summed E-state index contributed by atoms with van der Waals surface area (Å²) in [6.45, 7) is 3.95. The van der Waals surface area contributed by atoms with E-state index in [1.54, 1.807) is 6.07 Å². The van der Waals surface area contributed by atoms with E-state index in [9.17, 15) is 5.11 Å². The van der Waals surface area contributed by atoms with Gasteiger partial charge in [0.1, 0.15) is 5.75 Å². The van der Waals surface area contributed by atoms with Crippen LogP contribution in [-0.4, -0.2) is 11.7 Å². The molecule has 0 unspecified atom stereocenters. The molecule has 2 rings (SSSR count). The fourth-order valence-corrected chi connectivity index (χ4v) is 1.75. The zero-order valence-corrected chi connectivity index (χ0v) is 9.34. The smallest absolute Gasteiger partial charge is 0.118 e. The summed E-state index contributed by atoms with van der Waals surface area (Å²) in [6.07, 6.45) is 1.04. The van der Waals surface area contributed by atoms with Gasteiger partial charge in [0.25, 0.3) is 0 Å². The van der Waals surface area contributed by atoms with Gasteiger partial charge in [0.05, 0.1) is 0 Å². The zero-order valence-electron chi connectivity index (χ0n) is 7.63. The van der Waals surface area contributed by atoms with Gasteiger partial charge in [0.2, 0.25) is 0 Å². The average Bonchev–Trinajstić information content (AvgIpc) is 2.12. The highest BCUT2D eigenvalue weighted by Gasteiger charge is 2.12. The second kappa shape index (κ2) is 4.11. The summed E-state index contributed by atoms with van der Waals surface area (Å²) in [5.74, 6) is 0.427. The third kappa shape index (κ3) is 1.86. The Morgan fingerprint density at radius 2 is 2.15 bits per heavy atom. The van der Waals surface area contributed by atoms with Crippen LogP contribution in [0.5, 0.6) is 5.75 Å². The molecule has 1 aromatic carbocycles. The van der Waals surface area contributed by atoms with Crippen LogP contribution in [0.25, 0.3) is 0 Å². The number of phenols is 1. The molecule has 0 radical (unpaired) electrons. The second-order valence-corrected chi connectivity index (χ2v) is 3.27. The van der Waals surface area contributed by atoms with E-state index in [2.05, 4.69) is 5.32 Å². The van der Waals surface area contributed by atoms with E-state index in [1.807, 2.05) is 13.0 Å². The second-order valence-electron chi connectivity index (χ2n) is 3.27. The number of benzene rings is 1. The molecule has 0 atom stereocenters. The Balaban J connectivity index is 0.000000845. The van der Waals surface area contributed by atoms with Gasteiger partial charge in [-0.1, -0.05) is 6.07 Å². The minimum atomic E-state index is 0. The normalized spacial score (nSPS) is 14.5. The lowest BCUT2D eigenvalue weighted by Gasteiger charge is -2.19. The van der Waals surface area contributed by atoms with Gasteiger partial charge in [-0.15, -0.1) is 17.0 Å². The van der Waals surface area contributed by atoms with Crippen molar-refractivity contribution < 1.29 is 5.11 Å². The highest BCUT2D eigenvalue weighted by atomic mass is 79.9. The van der Waals surface area contributed by atoms with E-state index in [0.29, 0.717) is 5.75 Å². The predicted octanol–water partition coefficient (Wildman–Crippen LogP) is 1.92. The molecule has 1 heterocycles. The standard InChI is InChI=1S/C10H13NO.BrH/c1-7-9-4-5-11-6-8(9)2-3-10(7)12;/h2-3,11-12H,4-6H2,1H3;1H. The van der Waals surface area contributed by atoms with E-state index in [1.165, 1.54) is 11.1 Å². The van der Waals surface area contributed by atoms with Crippen LogP contribution in [0.3, 0.4) is 0 Å². The summed E-state index contributed by atoms with van der Waals surface area (Å²) in [7, 11) is 0. The molecule has 3 heteroatoms. The highest BCUT2D eigenvalue weighted by molar-refractivity contribution is 8.93. The van der Waals surface area contributed by atoms with Gasteiger partial charge in [-0.25, -0.2) is 0 Å². The lowest BCUT2D eigenvalue weighted by molar-refractivity contribution is 0.468. The first-order chi connectivity index (χ1) is 5.79. The quantitative estimate of drug-likeness (QED) is 0.730. The van der Waals surface area contributed by atoms with Crippen LogP contribution in [0.1, 0.15) is 16.7 Å². The first-order valence-corrected chi connectivity index (χ1v) is 4.30. The van der Waals surface area contributed by atoms with Crippen LogP contribution in [0, 0.1) is 6.92 Å². The Morgan fingerprint density at radius 1 is 1.38 bits per heavy atom. The van der Waals surface area contributed by atoms with Crippen molar-refractivity contribution in [1.82, 2.24) is 5.32 Å². The van der Waals surface area contributed by atoms with Crippen molar-refractivity contribution in [2.75, 3.05) is 6.54 Å². The fraction of sp³-hybridized carbons (Fsp3) is 0.400. The summed E-state index contributed by atoms with van der Waals surface area (Å²) >= 11 is 0. The third-order valence-corrected chi connectivity index (χ3v) is 2.53. The predicted molar refractivity (Wildman–Crippen MR) is 58.6 cm³/mol. The Morgan fingerprint density at radius 3 is 2.92 bits per heavy atom. The average molecular weight is 244 g/mol. The molecule has 2 nitrogen and oxygen atoms in total. The minimum Gasteiger partial charge on any atom is -0.508 e. The Labute approximate surface area is 88.7 Å². The van der Waals surface area contributed by atoms with Crippen molar-refractivity contribution in [2.45, 2.75) is 19.9 Å². The van der Waals surface area contributed by atoms with Crippen LogP contribution in [-0.2, 0) is 13.0 Å². The maximum atomic E-state index is 9.45. The number of nitrogens with one attached hydrogen (secondary N) is 1. The molecule has 1 aliphatic rings. The van der Waals surface area contributed by atoms with Crippen LogP contribution in [0.15, 0.2) is 12.1 Å². The van der Waals surface area contributed by atoms with E-state index in [0.717, 1.165) is 25.1 Å². The summed E-state index contributed by atoms with van der Waals surface area (Å²) < 4.78 is 0. The molecule has 0 aromatic heterocycles. The lowest BCUT2D eigenvalue weighted by atomic mass is 9.96. The maximum Gasteiger partial charge on any atom is 0.118 e. The Hall–Kier alpha value is -0.540. The number of aromatic hydroxyl groups is 1. The van der Waals surface area contributed by atoms with Gasteiger partial charge in [-0.3, -0.25) is 0 Å². The number of halogens is 1. The van der Waals surface area contributed by atoms with Crippen molar-refractivity contribution in [3.8, 4) is 5.75 Å². The molecule has 13 heavy (non-hydrogen) atoms. The Bertz CT molecular complexity index is 312. The summed E-state index contributed by atoms with van der Waals surface area (Å²) in [4.78, 5) is 0. The van der Waals surface area contributed by atoms with Crippen molar-refractivity contribution in [1.29, 1.82) is 0 Å². The van der Waals surface area contributed by atoms with Gasteiger partial charge in [-0.2, -0.15) is 0 Å². The minimum absolute atomic E-state index is 0. The largest absolute Gasteiger partial charge is 0.508 e. The monoisotopic (exact) mass is 243 g/mol. The molecule has 0 bridgehead atoms. The van der Waals surface area contributed by atoms with E-state index in [4.69, 9.17) is 0 Å². The molecule has 1 aromatic rings. The van der Waals surface area contributed by atoms with Crippen molar-refractivity contribution >= 4 is 17.0 Å². The number of fused-ring (bicyclic) bond motifs is 1. The first kappa shape index (κ1) is 10.5. The molecular formula is C10H14BrNO. The van der Waals surface area contributed by atoms with E-state index < -0.39 is 0 Å². The topological polar surface area (TPSA) is 32.3 Å². The van der Waals surface area contributed by atoms with Crippen LogP contribution >= 0.6 is 17.0 Å². The summed E-state index contributed by atoms with van der Waals surface area (Å²) in [5, 5.41) is 12.8. The van der Waals surface area contributed by atoms with Gasteiger partial charge in [-0.05, 0) is 42.6 Å². The highest BCUT2D eigenvalue weighted by Crippen LogP contribution is 2.25. The van der Waals surface area contributed by atoms with E-state index in [-0.39, 0.29) is 17.0 Å². The van der Waals surface area contributed by atoms with Crippen molar-refractivity contribution in [2.24, 2.45) is 0 Å². The van der Waals surface area contributed by atoms with Gasteiger partial charge >= 0.3 is 0 Å². The van der Waals surface area contributed by atoms with Crippen molar-refractivity contribution in [3.05, 3.63) is 28.8 Å². The molecule has 0 spiro atoms. The summed E-state index contributed by atoms with van der Waals surface area (Å²) in [5.41, 5.74) is 3.71. The lowest BCUT2D eigenvalue weighted by Crippen LogP contribution is -2.24. The van der Waals surface area contributed by atoms with Gasteiger partial charge in [0.15, 0.2) is 0 Å². The van der Waals surface area contributed by atoms with Crippen LogP contribution < -0.4 is 5.32 Å². The third-order valence-electron chi connectivity index (χ3n) is 2.53. The molecule has 1 aliphatic heterocycles. The SMILES string of the molecule is Br.Cc1c(O)ccc2c1CCNC2. The molecular weight excluding hydrogens is 230 g/mol. The zero-order chi connectivity index (χ0) is 8.55. The molecule has 0 fully saturated rings. The molecule has 0 amide bonds. The van der Waals surface area contributed by atoms with Gasteiger partial charge < -0.3 is 10.4 Å². The van der Waals surface area contributed by atoms with Crippen molar-refractivity contribution in [3.63, 3.8) is 0 Å². The van der Waals surface area contributed by atoms with E-state index >= 15 is 0 Å². The first-order valence-electron chi connectivity index (χ1n) is 4.30. The molecule has 72 valence electrons. The molecule has 2 N–H and O–H groups in total.